The fourth-order valence-corrected chi connectivity index (χ4v) is 2.67. The molecule has 0 aliphatic heterocycles. The van der Waals surface area contributed by atoms with Crippen LogP contribution in [0.4, 0.5) is 14.2 Å². The molecule has 1 aromatic carbocycles. The molecule has 0 bridgehead atoms. The first-order valence-electron chi connectivity index (χ1n) is 5.24. The van der Waals surface area contributed by atoms with E-state index in [0.717, 1.165) is 11.3 Å². The maximum Gasteiger partial charge on any atom is 0.317 e. The van der Waals surface area contributed by atoms with Crippen molar-refractivity contribution in [2.24, 2.45) is 11.5 Å². The van der Waals surface area contributed by atoms with Crippen molar-refractivity contribution in [1.29, 1.82) is 0 Å². The fraction of sp³-hybridized carbons (Fsp3) is 0. The highest BCUT2D eigenvalue weighted by Crippen LogP contribution is 2.36. The highest BCUT2D eigenvalue weighted by Gasteiger charge is 2.17. The Bertz CT molecular complexity index is 654. The summed E-state index contributed by atoms with van der Waals surface area (Å²) in [6.45, 7) is 0. The predicted octanol–water partition coefficient (Wildman–Crippen LogP) is 2.14. The van der Waals surface area contributed by atoms with Crippen LogP contribution in [0.15, 0.2) is 30.3 Å². The Labute approximate surface area is 112 Å². The first-order chi connectivity index (χ1) is 8.99. The number of thiophene rings is 1. The molecule has 0 aliphatic rings. The fourth-order valence-electron chi connectivity index (χ4n) is 1.57. The highest BCUT2D eigenvalue weighted by atomic mass is 32.1. The molecule has 3 amide bonds. The summed E-state index contributed by atoms with van der Waals surface area (Å²) >= 11 is 1.03. The van der Waals surface area contributed by atoms with Gasteiger partial charge in [-0.05, 0) is 12.1 Å². The van der Waals surface area contributed by atoms with Crippen LogP contribution in [0.5, 0.6) is 0 Å². The molecule has 0 saturated carbocycles. The summed E-state index contributed by atoms with van der Waals surface area (Å²) in [5, 5.41) is 2.51. The molecule has 1 heterocycles. The number of hydrogen-bond acceptors (Lipinski definition) is 3. The second-order valence-corrected chi connectivity index (χ2v) is 4.74. The lowest BCUT2D eigenvalue weighted by atomic mass is 10.1. The molecule has 98 valence electrons. The van der Waals surface area contributed by atoms with Gasteiger partial charge in [-0.3, -0.25) is 10.1 Å². The van der Waals surface area contributed by atoms with Crippen molar-refractivity contribution in [3.05, 3.63) is 41.7 Å². The van der Waals surface area contributed by atoms with Gasteiger partial charge in [-0.25, -0.2) is 9.18 Å². The van der Waals surface area contributed by atoms with E-state index in [1.165, 1.54) is 12.1 Å². The molecule has 0 fully saturated rings. The molecule has 0 saturated heterocycles. The summed E-state index contributed by atoms with van der Waals surface area (Å²) in [6.07, 6.45) is 0. The second-order valence-electron chi connectivity index (χ2n) is 3.69. The molecule has 7 heteroatoms. The number of nitrogens with one attached hydrogen (secondary N) is 1. The molecule has 0 radical (unpaired) electrons. The van der Waals surface area contributed by atoms with Crippen LogP contribution >= 0.6 is 11.3 Å². The number of carbonyl (C=O) groups is 2. The average molecular weight is 279 g/mol. The van der Waals surface area contributed by atoms with Crippen LogP contribution in [0.3, 0.4) is 0 Å². The van der Waals surface area contributed by atoms with E-state index in [0.29, 0.717) is 10.4 Å². The number of amides is 3. The van der Waals surface area contributed by atoms with Crippen molar-refractivity contribution in [3.63, 3.8) is 0 Å². The number of anilines is 1. The van der Waals surface area contributed by atoms with E-state index >= 15 is 0 Å². The number of rotatable bonds is 3. The minimum absolute atomic E-state index is 0.0991. The van der Waals surface area contributed by atoms with Crippen molar-refractivity contribution in [2.45, 2.75) is 0 Å². The molecule has 2 rings (SSSR count). The Kier molecular flexibility index (Phi) is 3.48. The van der Waals surface area contributed by atoms with E-state index in [1.54, 1.807) is 18.2 Å². The molecule has 5 nitrogen and oxygen atoms in total. The molecular formula is C12H10FN3O2S. The third-order valence-electron chi connectivity index (χ3n) is 2.37. The van der Waals surface area contributed by atoms with Crippen LogP contribution in [0.25, 0.3) is 10.4 Å². The summed E-state index contributed by atoms with van der Waals surface area (Å²) in [5.41, 5.74) is 10.6. The third-order valence-corrected chi connectivity index (χ3v) is 3.46. The monoisotopic (exact) mass is 279 g/mol. The minimum Gasteiger partial charge on any atom is -0.366 e. The summed E-state index contributed by atoms with van der Waals surface area (Å²) in [6, 6.07) is 6.72. The zero-order valence-electron chi connectivity index (χ0n) is 9.64. The summed E-state index contributed by atoms with van der Waals surface area (Å²) in [7, 11) is 0. The zero-order valence-corrected chi connectivity index (χ0v) is 10.5. The summed E-state index contributed by atoms with van der Waals surface area (Å²) < 4.78 is 13.7. The van der Waals surface area contributed by atoms with Gasteiger partial charge in [0.25, 0.3) is 5.91 Å². The largest absolute Gasteiger partial charge is 0.366 e. The highest BCUT2D eigenvalue weighted by molar-refractivity contribution is 7.20. The van der Waals surface area contributed by atoms with Crippen molar-refractivity contribution in [1.82, 2.24) is 0 Å². The van der Waals surface area contributed by atoms with E-state index in [9.17, 15) is 14.0 Å². The average Bonchev–Trinajstić information content (AvgIpc) is 2.72. The molecular weight excluding hydrogens is 269 g/mol. The normalized spacial score (nSPS) is 10.2. The van der Waals surface area contributed by atoms with Gasteiger partial charge in [0.15, 0.2) is 0 Å². The smallest absolute Gasteiger partial charge is 0.317 e. The van der Waals surface area contributed by atoms with E-state index in [2.05, 4.69) is 5.32 Å². The molecule has 5 N–H and O–H groups in total. The SMILES string of the molecule is NC(=O)Nc1sc(-c2ccccc2F)cc1C(N)=O. The van der Waals surface area contributed by atoms with Crippen LogP contribution in [0.2, 0.25) is 0 Å². The molecule has 0 atom stereocenters. The second kappa shape index (κ2) is 5.07. The number of nitrogens with two attached hydrogens (primary N) is 2. The van der Waals surface area contributed by atoms with Gasteiger partial charge in [0.1, 0.15) is 10.8 Å². The van der Waals surface area contributed by atoms with Gasteiger partial charge in [-0.15, -0.1) is 11.3 Å². The van der Waals surface area contributed by atoms with Crippen molar-refractivity contribution in [2.75, 3.05) is 5.32 Å². The number of primary amides is 2. The van der Waals surface area contributed by atoms with Gasteiger partial charge in [-0.2, -0.15) is 0 Å². The quantitative estimate of drug-likeness (QED) is 0.802. The van der Waals surface area contributed by atoms with Gasteiger partial charge >= 0.3 is 6.03 Å². The Balaban J connectivity index is 2.52. The Morgan fingerprint density at radius 2 is 1.89 bits per heavy atom. The standard InChI is InChI=1S/C12H10FN3O2S/c13-8-4-2-1-3-6(8)9-5-7(10(14)17)11(19-9)16-12(15)18/h1-5H,(H2,14,17)(H3,15,16,18). The van der Waals surface area contributed by atoms with E-state index in [-0.39, 0.29) is 10.6 Å². The van der Waals surface area contributed by atoms with Crippen LogP contribution in [0.1, 0.15) is 10.4 Å². The number of benzene rings is 1. The van der Waals surface area contributed by atoms with Crippen molar-refractivity contribution in [3.8, 4) is 10.4 Å². The van der Waals surface area contributed by atoms with E-state index < -0.39 is 17.8 Å². The molecule has 1 aromatic heterocycles. The maximum atomic E-state index is 13.7. The molecule has 19 heavy (non-hydrogen) atoms. The lowest BCUT2D eigenvalue weighted by Gasteiger charge is -1.99. The lowest BCUT2D eigenvalue weighted by Crippen LogP contribution is -2.21. The Morgan fingerprint density at radius 1 is 1.21 bits per heavy atom. The first kappa shape index (κ1) is 13.0. The molecule has 0 spiro atoms. The topological polar surface area (TPSA) is 98.2 Å². The van der Waals surface area contributed by atoms with Crippen LogP contribution in [-0.2, 0) is 0 Å². The van der Waals surface area contributed by atoms with E-state index in [4.69, 9.17) is 11.5 Å². The van der Waals surface area contributed by atoms with Gasteiger partial charge in [0, 0.05) is 10.4 Å². The Morgan fingerprint density at radius 3 is 2.47 bits per heavy atom. The molecule has 0 aliphatic carbocycles. The number of halogens is 1. The lowest BCUT2D eigenvalue weighted by molar-refractivity contribution is 0.100. The summed E-state index contributed by atoms with van der Waals surface area (Å²) in [4.78, 5) is 22.6. The summed E-state index contributed by atoms with van der Waals surface area (Å²) in [5.74, 6) is -1.15. The maximum absolute atomic E-state index is 13.7. The number of urea groups is 1. The van der Waals surface area contributed by atoms with Gasteiger partial charge in [-0.1, -0.05) is 18.2 Å². The van der Waals surface area contributed by atoms with Crippen molar-refractivity contribution < 1.29 is 14.0 Å². The van der Waals surface area contributed by atoms with Crippen LogP contribution in [-0.4, -0.2) is 11.9 Å². The van der Waals surface area contributed by atoms with Crippen molar-refractivity contribution >= 4 is 28.3 Å². The predicted molar refractivity (Wildman–Crippen MR) is 71.4 cm³/mol. The number of carbonyl (C=O) groups excluding carboxylic acids is 2. The zero-order chi connectivity index (χ0) is 14.0. The van der Waals surface area contributed by atoms with E-state index in [1.807, 2.05) is 0 Å². The third kappa shape index (κ3) is 2.71. The van der Waals surface area contributed by atoms with Crippen LogP contribution < -0.4 is 16.8 Å². The van der Waals surface area contributed by atoms with Gasteiger partial charge in [0.05, 0.1) is 5.56 Å². The molecule has 0 unspecified atom stereocenters. The number of hydrogen-bond donors (Lipinski definition) is 3. The molecule has 2 aromatic rings. The Hall–Kier alpha value is -2.41. The first-order valence-corrected chi connectivity index (χ1v) is 6.05. The van der Waals surface area contributed by atoms with Crippen LogP contribution in [0, 0.1) is 5.82 Å². The van der Waals surface area contributed by atoms with Gasteiger partial charge < -0.3 is 11.5 Å². The van der Waals surface area contributed by atoms with Gasteiger partial charge in [0.2, 0.25) is 0 Å². The minimum atomic E-state index is -0.815.